The SMILES string of the molecule is C[C@H](C1CCCCC1)N(Cc1ccccc1)[Si](c1ccccc1)c1ccccc1. The lowest BCUT2D eigenvalue weighted by atomic mass is 9.84. The van der Waals surface area contributed by atoms with Crippen molar-refractivity contribution in [3.63, 3.8) is 0 Å². The summed E-state index contributed by atoms with van der Waals surface area (Å²) < 4.78 is 2.86. The van der Waals surface area contributed by atoms with Gasteiger partial charge < -0.3 is 4.57 Å². The van der Waals surface area contributed by atoms with E-state index >= 15 is 0 Å². The number of nitrogens with zero attached hydrogens (tertiary/aromatic N) is 1. The lowest BCUT2D eigenvalue weighted by Gasteiger charge is -2.41. The van der Waals surface area contributed by atoms with Crippen molar-refractivity contribution >= 4 is 19.3 Å². The minimum atomic E-state index is -1.05. The van der Waals surface area contributed by atoms with E-state index in [4.69, 9.17) is 0 Å². The Labute approximate surface area is 178 Å². The van der Waals surface area contributed by atoms with E-state index < -0.39 is 8.96 Å². The van der Waals surface area contributed by atoms with Gasteiger partial charge in [0.2, 0.25) is 8.96 Å². The molecule has 29 heavy (non-hydrogen) atoms. The number of benzene rings is 3. The maximum atomic E-state index is 2.86. The van der Waals surface area contributed by atoms with Gasteiger partial charge in [-0.25, -0.2) is 0 Å². The highest BCUT2D eigenvalue weighted by Gasteiger charge is 2.33. The summed E-state index contributed by atoms with van der Waals surface area (Å²) in [5.41, 5.74) is 1.42. The van der Waals surface area contributed by atoms with Gasteiger partial charge in [0.05, 0.1) is 0 Å². The normalized spacial score (nSPS) is 16.2. The summed E-state index contributed by atoms with van der Waals surface area (Å²) in [6.45, 7) is 3.52. The molecule has 1 aliphatic carbocycles. The molecular weight excluding hydrogens is 366 g/mol. The van der Waals surface area contributed by atoms with Crippen LogP contribution < -0.4 is 10.4 Å². The number of rotatable bonds is 7. The fourth-order valence-electron chi connectivity index (χ4n) is 4.77. The van der Waals surface area contributed by atoms with E-state index in [2.05, 4.69) is 102 Å². The Hall–Kier alpha value is -2.16. The van der Waals surface area contributed by atoms with Crippen LogP contribution >= 0.6 is 0 Å². The van der Waals surface area contributed by atoms with Crippen molar-refractivity contribution in [2.45, 2.75) is 51.6 Å². The minimum absolute atomic E-state index is 0.588. The van der Waals surface area contributed by atoms with Crippen LogP contribution in [0.1, 0.15) is 44.6 Å². The van der Waals surface area contributed by atoms with Crippen LogP contribution in [0.5, 0.6) is 0 Å². The molecule has 0 aromatic heterocycles. The van der Waals surface area contributed by atoms with Crippen molar-refractivity contribution in [1.82, 2.24) is 4.57 Å². The summed E-state index contributed by atoms with van der Waals surface area (Å²) in [6.07, 6.45) is 6.97. The monoisotopic (exact) mass is 398 g/mol. The largest absolute Gasteiger partial charge is 0.310 e. The van der Waals surface area contributed by atoms with Crippen LogP contribution in [0.4, 0.5) is 0 Å². The molecular formula is C27H32NSi. The molecule has 1 saturated carbocycles. The zero-order chi connectivity index (χ0) is 19.9. The Bertz CT molecular complexity index is 804. The molecule has 1 aliphatic rings. The molecule has 0 saturated heterocycles. The van der Waals surface area contributed by atoms with Crippen LogP contribution in [-0.4, -0.2) is 19.6 Å². The highest BCUT2D eigenvalue weighted by Crippen LogP contribution is 2.30. The van der Waals surface area contributed by atoms with Gasteiger partial charge in [0.15, 0.2) is 0 Å². The van der Waals surface area contributed by atoms with Gasteiger partial charge in [-0.1, -0.05) is 110 Å². The van der Waals surface area contributed by atoms with Gasteiger partial charge in [0.25, 0.3) is 0 Å². The molecule has 1 radical (unpaired) electrons. The molecule has 1 nitrogen and oxygen atoms in total. The van der Waals surface area contributed by atoms with Gasteiger partial charge in [-0.2, -0.15) is 0 Å². The molecule has 1 atom stereocenters. The summed E-state index contributed by atoms with van der Waals surface area (Å²) in [5, 5.41) is 2.98. The number of hydrogen-bond acceptors (Lipinski definition) is 1. The van der Waals surface area contributed by atoms with Gasteiger partial charge in [0.1, 0.15) is 0 Å². The van der Waals surface area contributed by atoms with E-state index in [-0.39, 0.29) is 0 Å². The van der Waals surface area contributed by atoms with Gasteiger partial charge in [-0.3, -0.25) is 0 Å². The molecule has 4 rings (SSSR count). The van der Waals surface area contributed by atoms with E-state index in [1.807, 2.05) is 0 Å². The number of hydrogen-bond donors (Lipinski definition) is 0. The highest BCUT2D eigenvalue weighted by molar-refractivity contribution is 6.82. The summed E-state index contributed by atoms with van der Waals surface area (Å²) in [5.74, 6) is 0.805. The molecule has 0 unspecified atom stereocenters. The average molecular weight is 399 g/mol. The summed E-state index contributed by atoms with van der Waals surface area (Å²) in [6, 6.07) is 34.1. The molecule has 3 aromatic rings. The Morgan fingerprint density at radius 2 is 1.21 bits per heavy atom. The van der Waals surface area contributed by atoms with Crippen molar-refractivity contribution in [2.75, 3.05) is 0 Å². The van der Waals surface area contributed by atoms with Crippen molar-refractivity contribution in [2.24, 2.45) is 5.92 Å². The lowest BCUT2D eigenvalue weighted by Crippen LogP contribution is -2.60. The highest BCUT2D eigenvalue weighted by atomic mass is 28.3. The predicted octanol–water partition coefficient (Wildman–Crippen LogP) is 5.26. The molecule has 0 N–H and O–H groups in total. The third-order valence-electron chi connectivity index (χ3n) is 6.40. The minimum Gasteiger partial charge on any atom is -0.310 e. The second kappa shape index (κ2) is 10.0. The van der Waals surface area contributed by atoms with E-state index in [9.17, 15) is 0 Å². The van der Waals surface area contributed by atoms with E-state index in [0.717, 1.165) is 12.5 Å². The molecule has 0 bridgehead atoms. The van der Waals surface area contributed by atoms with E-state index in [1.54, 1.807) is 0 Å². The van der Waals surface area contributed by atoms with Crippen LogP contribution in [0, 0.1) is 5.92 Å². The Morgan fingerprint density at radius 3 is 1.72 bits per heavy atom. The van der Waals surface area contributed by atoms with E-state index in [1.165, 1.54) is 48.0 Å². The molecule has 2 heteroatoms. The molecule has 3 aromatic carbocycles. The van der Waals surface area contributed by atoms with E-state index in [0.29, 0.717) is 6.04 Å². The summed E-state index contributed by atoms with van der Waals surface area (Å²) in [7, 11) is -1.05. The smallest absolute Gasteiger partial charge is 0.209 e. The van der Waals surface area contributed by atoms with Crippen LogP contribution in [0.25, 0.3) is 0 Å². The van der Waals surface area contributed by atoms with Crippen molar-refractivity contribution in [1.29, 1.82) is 0 Å². The topological polar surface area (TPSA) is 3.24 Å². The summed E-state index contributed by atoms with van der Waals surface area (Å²) >= 11 is 0. The Kier molecular flexibility index (Phi) is 6.97. The van der Waals surface area contributed by atoms with Crippen LogP contribution in [0.15, 0.2) is 91.0 Å². The molecule has 1 fully saturated rings. The molecule has 0 heterocycles. The lowest BCUT2D eigenvalue weighted by molar-refractivity contribution is 0.201. The first-order valence-electron chi connectivity index (χ1n) is 11.1. The van der Waals surface area contributed by atoms with Crippen LogP contribution in [0.2, 0.25) is 0 Å². The van der Waals surface area contributed by atoms with Crippen molar-refractivity contribution in [3.05, 3.63) is 96.6 Å². The fraction of sp³-hybridized carbons (Fsp3) is 0.333. The maximum absolute atomic E-state index is 2.86. The Balaban J connectivity index is 1.74. The zero-order valence-electron chi connectivity index (χ0n) is 17.5. The first-order chi connectivity index (χ1) is 14.3. The third kappa shape index (κ3) is 5.06. The van der Waals surface area contributed by atoms with Gasteiger partial charge >= 0.3 is 0 Å². The first-order valence-corrected chi connectivity index (χ1v) is 12.6. The maximum Gasteiger partial charge on any atom is 0.209 e. The van der Waals surface area contributed by atoms with Gasteiger partial charge in [-0.15, -0.1) is 0 Å². The van der Waals surface area contributed by atoms with Gasteiger partial charge in [-0.05, 0) is 41.6 Å². The zero-order valence-corrected chi connectivity index (χ0v) is 18.5. The van der Waals surface area contributed by atoms with Crippen LogP contribution in [-0.2, 0) is 6.54 Å². The Morgan fingerprint density at radius 1 is 0.724 bits per heavy atom. The predicted molar refractivity (Wildman–Crippen MR) is 126 cm³/mol. The molecule has 0 aliphatic heterocycles. The fourth-order valence-corrected chi connectivity index (χ4v) is 7.74. The molecule has 0 amide bonds. The van der Waals surface area contributed by atoms with Crippen molar-refractivity contribution in [3.8, 4) is 0 Å². The second-order valence-corrected chi connectivity index (χ2v) is 10.8. The second-order valence-electron chi connectivity index (χ2n) is 8.33. The third-order valence-corrected chi connectivity index (χ3v) is 9.30. The summed E-state index contributed by atoms with van der Waals surface area (Å²) in [4.78, 5) is 0. The van der Waals surface area contributed by atoms with Gasteiger partial charge in [0, 0.05) is 12.6 Å². The van der Waals surface area contributed by atoms with Crippen molar-refractivity contribution < 1.29 is 0 Å². The molecule has 149 valence electrons. The quantitative estimate of drug-likeness (QED) is 0.491. The average Bonchev–Trinajstić information content (AvgIpc) is 2.81. The molecule has 0 spiro atoms. The standard InChI is InChI=1S/C27H32NSi/c1-23(25-16-8-3-9-17-25)28(22-24-14-6-2-7-15-24)29(26-18-10-4-11-19-26)27-20-12-5-13-21-27/h2,4-7,10-15,18-21,23,25H,3,8-9,16-17,22H2,1H3/t23-/m1/s1. The first kappa shape index (κ1) is 20.1. The van der Waals surface area contributed by atoms with Crippen LogP contribution in [0.3, 0.4) is 0 Å².